The zero-order chi connectivity index (χ0) is 11.7. The van der Waals surface area contributed by atoms with Gasteiger partial charge in [0, 0.05) is 0 Å². The molecule has 2 rings (SSSR count). The molecule has 0 atom stereocenters. The van der Waals surface area contributed by atoms with Crippen LogP contribution in [0, 0.1) is 6.92 Å². The lowest BCUT2D eigenvalue weighted by Gasteiger charge is -1.98. The Kier molecular flexibility index (Phi) is 2.27. The number of nitrogens with two attached hydrogens (primary N) is 2. The molecule has 0 aromatic carbocycles. The molecule has 9 nitrogen and oxygen atoms in total. The van der Waals surface area contributed by atoms with E-state index >= 15 is 0 Å². The monoisotopic (exact) mass is 222 g/mol. The van der Waals surface area contributed by atoms with Gasteiger partial charge in [0.05, 0.1) is 11.4 Å². The molecule has 0 fully saturated rings. The second kappa shape index (κ2) is 3.61. The van der Waals surface area contributed by atoms with Crippen LogP contribution in [0.5, 0.6) is 0 Å². The van der Waals surface area contributed by atoms with Crippen LogP contribution in [0.3, 0.4) is 0 Å². The molecule has 0 amide bonds. The number of nitrogen functional groups attached to an aromatic ring is 1. The molecule has 0 saturated heterocycles. The highest BCUT2D eigenvalue weighted by molar-refractivity contribution is 5.97. The van der Waals surface area contributed by atoms with E-state index in [2.05, 4.69) is 30.4 Å². The largest absolute Gasteiger partial charge is 0.378 e. The van der Waals surface area contributed by atoms with E-state index < -0.39 is 0 Å². The molecule has 0 bridgehead atoms. The Hall–Kier alpha value is -2.45. The van der Waals surface area contributed by atoms with Crippen LogP contribution in [0.25, 0.3) is 5.82 Å². The summed E-state index contributed by atoms with van der Waals surface area (Å²) in [5, 5.41) is 18.4. The van der Waals surface area contributed by atoms with Crippen molar-refractivity contribution in [2.75, 3.05) is 5.73 Å². The van der Waals surface area contributed by atoms with Crippen LogP contribution < -0.4 is 11.6 Å². The van der Waals surface area contributed by atoms with Gasteiger partial charge in [-0.05, 0) is 24.2 Å². The third-order valence-corrected chi connectivity index (χ3v) is 2.13. The average Bonchev–Trinajstić information content (AvgIpc) is 2.84. The van der Waals surface area contributed by atoms with E-state index in [1.54, 1.807) is 13.8 Å². The van der Waals surface area contributed by atoms with E-state index in [-0.39, 0.29) is 5.82 Å². The van der Waals surface area contributed by atoms with Crippen LogP contribution in [-0.4, -0.2) is 31.0 Å². The SMILES string of the molecule is CC(=NN)c1nnn(-c2nonc2N)c1C. The van der Waals surface area contributed by atoms with E-state index in [1.165, 1.54) is 4.68 Å². The molecule has 2 heterocycles. The van der Waals surface area contributed by atoms with E-state index in [0.717, 1.165) is 0 Å². The van der Waals surface area contributed by atoms with Crippen molar-refractivity contribution < 1.29 is 4.63 Å². The summed E-state index contributed by atoms with van der Waals surface area (Å²) in [6.07, 6.45) is 0. The maximum absolute atomic E-state index is 5.55. The maximum Gasteiger partial charge on any atom is 0.243 e. The number of hydrogen-bond acceptors (Lipinski definition) is 8. The number of anilines is 1. The number of nitrogens with zero attached hydrogens (tertiary/aromatic N) is 6. The quantitative estimate of drug-likeness (QED) is 0.386. The minimum absolute atomic E-state index is 0.141. The summed E-state index contributed by atoms with van der Waals surface area (Å²) in [6, 6.07) is 0. The summed E-state index contributed by atoms with van der Waals surface area (Å²) in [4.78, 5) is 0. The first-order valence-corrected chi connectivity index (χ1v) is 4.40. The first kappa shape index (κ1) is 10.1. The van der Waals surface area contributed by atoms with Gasteiger partial charge < -0.3 is 11.6 Å². The summed E-state index contributed by atoms with van der Waals surface area (Å²) >= 11 is 0. The summed E-state index contributed by atoms with van der Waals surface area (Å²) in [7, 11) is 0. The summed E-state index contributed by atoms with van der Waals surface area (Å²) < 4.78 is 5.89. The molecular formula is C7H10N8O. The summed E-state index contributed by atoms with van der Waals surface area (Å²) in [5.41, 5.74) is 7.39. The standard InChI is InChI=1S/C7H10N8O/c1-3(10-9)5-4(2)15(14-11-5)7-6(8)12-16-13-7/h9H2,1-2H3,(H2,8,12). The Balaban J connectivity index is 2.54. The lowest BCUT2D eigenvalue weighted by atomic mass is 10.2. The first-order valence-electron chi connectivity index (χ1n) is 4.40. The van der Waals surface area contributed by atoms with Crippen molar-refractivity contribution >= 4 is 11.5 Å². The molecule has 16 heavy (non-hydrogen) atoms. The topological polar surface area (TPSA) is 134 Å². The van der Waals surface area contributed by atoms with Gasteiger partial charge in [0.15, 0.2) is 0 Å². The highest BCUT2D eigenvalue weighted by atomic mass is 16.6. The smallest absolute Gasteiger partial charge is 0.243 e. The molecule has 2 aromatic heterocycles. The van der Waals surface area contributed by atoms with E-state index in [1.807, 2.05) is 0 Å². The zero-order valence-corrected chi connectivity index (χ0v) is 8.75. The Labute approximate surface area is 90.1 Å². The molecule has 0 unspecified atom stereocenters. The highest BCUT2D eigenvalue weighted by Crippen LogP contribution is 2.14. The number of rotatable bonds is 2. The average molecular weight is 222 g/mol. The van der Waals surface area contributed by atoms with Crippen LogP contribution in [0.2, 0.25) is 0 Å². The van der Waals surface area contributed by atoms with Crippen molar-refractivity contribution in [3.63, 3.8) is 0 Å². The predicted molar refractivity (Wildman–Crippen MR) is 54.8 cm³/mol. The minimum Gasteiger partial charge on any atom is -0.378 e. The fourth-order valence-electron chi connectivity index (χ4n) is 1.26. The molecule has 0 aliphatic carbocycles. The van der Waals surface area contributed by atoms with Crippen molar-refractivity contribution in [3.05, 3.63) is 11.4 Å². The van der Waals surface area contributed by atoms with Crippen LogP contribution in [-0.2, 0) is 0 Å². The molecule has 9 heteroatoms. The minimum atomic E-state index is 0.141. The molecule has 2 aromatic rings. The van der Waals surface area contributed by atoms with Gasteiger partial charge in [-0.1, -0.05) is 5.21 Å². The molecule has 0 aliphatic rings. The Morgan fingerprint density at radius 3 is 2.75 bits per heavy atom. The Bertz CT molecular complexity index is 538. The molecule has 0 aliphatic heterocycles. The van der Waals surface area contributed by atoms with Crippen molar-refractivity contribution in [1.29, 1.82) is 0 Å². The van der Waals surface area contributed by atoms with Crippen molar-refractivity contribution in [2.45, 2.75) is 13.8 Å². The van der Waals surface area contributed by atoms with Crippen LogP contribution in [0.15, 0.2) is 9.73 Å². The van der Waals surface area contributed by atoms with Gasteiger partial charge in [-0.15, -0.1) is 5.10 Å². The molecule has 0 radical (unpaired) electrons. The lowest BCUT2D eigenvalue weighted by molar-refractivity contribution is 0.306. The third-order valence-electron chi connectivity index (χ3n) is 2.13. The van der Waals surface area contributed by atoms with Crippen molar-refractivity contribution in [2.24, 2.45) is 10.9 Å². The van der Waals surface area contributed by atoms with Gasteiger partial charge in [0.2, 0.25) is 11.6 Å². The Morgan fingerprint density at radius 2 is 2.19 bits per heavy atom. The van der Waals surface area contributed by atoms with Gasteiger partial charge in [0.1, 0.15) is 5.69 Å². The van der Waals surface area contributed by atoms with E-state index in [4.69, 9.17) is 11.6 Å². The number of hydrazone groups is 1. The van der Waals surface area contributed by atoms with E-state index in [9.17, 15) is 0 Å². The molecule has 0 saturated carbocycles. The maximum atomic E-state index is 5.55. The zero-order valence-electron chi connectivity index (χ0n) is 8.75. The van der Waals surface area contributed by atoms with Crippen molar-refractivity contribution in [3.8, 4) is 5.82 Å². The lowest BCUT2D eigenvalue weighted by Crippen LogP contribution is -2.05. The Morgan fingerprint density at radius 1 is 1.44 bits per heavy atom. The van der Waals surface area contributed by atoms with E-state index in [0.29, 0.717) is 22.9 Å². The van der Waals surface area contributed by atoms with Crippen LogP contribution in [0.1, 0.15) is 18.3 Å². The number of aromatic nitrogens is 5. The van der Waals surface area contributed by atoms with Gasteiger partial charge >= 0.3 is 0 Å². The molecule has 84 valence electrons. The molecule has 0 spiro atoms. The van der Waals surface area contributed by atoms with Gasteiger partial charge in [-0.3, -0.25) is 0 Å². The molecule has 4 N–H and O–H groups in total. The van der Waals surface area contributed by atoms with Gasteiger partial charge in [0.25, 0.3) is 0 Å². The molecular weight excluding hydrogens is 212 g/mol. The normalized spacial score (nSPS) is 12.0. The fourth-order valence-corrected chi connectivity index (χ4v) is 1.26. The third kappa shape index (κ3) is 1.38. The summed E-state index contributed by atoms with van der Waals surface area (Å²) in [5.74, 6) is 5.60. The van der Waals surface area contributed by atoms with Crippen molar-refractivity contribution in [1.82, 2.24) is 25.3 Å². The number of hydrogen-bond donors (Lipinski definition) is 2. The van der Waals surface area contributed by atoms with Gasteiger partial charge in [-0.25, -0.2) is 4.63 Å². The van der Waals surface area contributed by atoms with Crippen LogP contribution >= 0.6 is 0 Å². The fraction of sp³-hybridized carbons (Fsp3) is 0.286. The second-order valence-corrected chi connectivity index (χ2v) is 3.12. The predicted octanol–water partition coefficient (Wildman–Crippen LogP) is -0.776. The second-order valence-electron chi connectivity index (χ2n) is 3.12. The summed E-state index contributed by atoms with van der Waals surface area (Å²) in [6.45, 7) is 3.52. The first-order chi connectivity index (χ1) is 7.65. The highest BCUT2D eigenvalue weighted by Gasteiger charge is 2.17. The van der Waals surface area contributed by atoms with Gasteiger partial charge in [-0.2, -0.15) is 9.78 Å². The van der Waals surface area contributed by atoms with Crippen LogP contribution in [0.4, 0.5) is 5.82 Å².